The first-order valence-corrected chi connectivity index (χ1v) is 11.9. The summed E-state index contributed by atoms with van der Waals surface area (Å²) in [7, 11) is 0. The van der Waals surface area contributed by atoms with Crippen LogP contribution in [0.1, 0.15) is 30.0 Å². The van der Waals surface area contributed by atoms with Gasteiger partial charge in [-0.3, -0.25) is 14.6 Å². The number of ether oxygens (including phenoxy) is 1. The molecular formula is C26H32N4O3. The van der Waals surface area contributed by atoms with Crippen LogP contribution in [0.25, 0.3) is 0 Å². The number of nitrogens with one attached hydrogen (secondary N) is 1. The molecule has 1 atom stereocenters. The van der Waals surface area contributed by atoms with E-state index in [0.717, 1.165) is 63.3 Å². The molecule has 2 aliphatic heterocycles. The number of fused-ring (bicyclic) bond motifs is 1. The van der Waals surface area contributed by atoms with Crippen LogP contribution in [0.15, 0.2) is 48.5 Å². The van der Waals surface area contributed by atoms with Crippen molar-refractivity contribution < 1.29 is 14.3 Å². The highest BCUT2D eigenvalue weighted by molar-refractivity contribution is 6.07. The van der Waals surface area contributed by atoms with E-state index in [0.29, 0.717) is 13.3 Å². The van der Waals surface area contributed by atoms with E-state index in [1.54, 1.807) is 0 Å². The van der Waals surface area contributed by atoms with Crippen molar-refractivity contribution in [3.05, 3.63) is 65.2 Å². The van der Waals surface area contributed by atoms with Gasteiger partial charge in [0, 0.05) is 32.7 Å². The molecule has 2 heterocycles. The second-order valence-corrected chi connectivity index (χ2v) is 9.39. The Balaban J connectivity index is 1.14. The number of benzene rings is 2. The van der Waals surface area contributed by atoms with Gasteiger partial charge in [0.2, 0.25) is 0 Å². The largest absolute Gasteiger partial charge is 0.492 e. The van der Waals surface area contributed by atoms with Gasteiger partial charge in [-0.2, -0.15) is 0 Å². The lowest BCUT2D eigenvalue weighted by atomic mass is 9.90. The summed E-state index contributed by atoms with van der Waals surface area (Å²) < 4.78 is 5.80. The summed E-state index contributed by atoms with van der Waals surface area (Å²) in [6, 6.07) is 15.8. The van der Waals surface area contributed by atoms with Crippen LogP contribution in [-0.4, -0.2) is 72.6 Å². The normalized spacial score (nSPS) is 23.6. The number of urea groups is 1. The first kappa shape index (κ1) is 21.9. The maximum atomic E-state index is 13.3. The molecule has 7 nitrogen and oxygen atoms in total. The predicted molar refractivity (Wildman–Crippen MR) is 126 cm³/mol. The van der Waals surface area contributed by atoms with Gasteiger partial charge in [-0.05, 0) is 55.0 Å². The second-order valence-electron chi connectivity index (χ2n) is 9.39. The van der Waals surface area contributed by atoms with Crippen LogP contribution in [0.3, 0.4) is 0 Å². The maximum Gasteiger partial charge on any atom is 0.326 e. The van der Waals surface area contributed by atoms with Gasteiger partial charge >= 0.3 is 6.03 Å². The first-order valence-electron chi connectivity index (χ1n) is 11.9. The molecule has 2 saturated heterocycles. The van der Waals surface area contributed by atoms with E-state index >= 15 is 0 Å². The standard InChI is InChI=1S/C26H32N4O3/c1-26(22-11-10-20-6-5-7-21(20)18-22)24(31)30(25(32)27-26)19-29-14-12-28(13-15-29)16-17-33-23-8-3-2-4-9-23/h2-4,8-11,18H,5-7,12-17,19H2,1H3,(H,27,32)/t26-/m1/s1. The Hall–Kier alpha value is -2.90. The monoisotopic (exact) mass is 448 g/mol. The highest BCUT2D eigenvalue weighted by Crippen LogP contribution is 2.32. The van der Waals surface area contributed by atoms with Crippen LogP contribution in [-0.2, 0) is 23.2 Å². The van der Waals surface area contributed by atoms with Crippen molar-refractivity contribution in [1.82, 2.24) is 20.0 Å². The van der Waals surface area contributed by atoms with Gasteiger partial charge in [-0.15, -0.1) is 0 Å². The molecule has 0 unspecified atom stereocenters. The van der Waals surface area contributed by atoms with E-state index < -0.39 is 5.54 Å². The second kappa shape index (κ2) is 9.15. The van der Waals surface area contributed by atoms with Crippen molar-refractivity contribution >= 4 is 11.9 Å². The fraction of sp³-hybridized carbons (Fsp3) is 0.462. The smallest absolute Gasteiger partial charge is 0.326 e. The molecule has 33 heavy (non-hydrogen) atoms. The van der Waals surface area contributed by atoms with Crippen LogP contribution in [0.2, 0.25) is 0 Å². The molecule has 7 heteroatoms. The topological polar surface area (TPSA) is 65.1 Å². The Bertz CT molecular complexity index is 1020. The third kappa shape index (κ3) is 4.48. The van der Waals surface area contributed by atoms with Gasteiger partial charge in [0.1, 0.15) is 17.9 Å². The van der Waals surface area contributed by atoms with Crippen LogP contribution in [0.5, 0.6) is 5.75 Å². The molecule has 2 fully saturated rings. The van der Waals surface area contributed by atoms with Crippen LogP contribution in [0.4, 0.5) is 4.79 Å². The molecular weight excluding hydrogens is 416 g/mol. The van der Waals surface area contributed by atoms with Gasteiger partial charge in [-0.1, -0.05) is 36.4 Å². The van der Waals surface area contributed by atoms with Gasteiger partial charge in [0.25, 0.3) is 5.91 Å². The van der Waals surface area contributed by atoms with E-state index in [-0.39, 0.29) is 11.9 Å². The number of imide groups is 1. The minimum Gasteiger partial charge on any atom is -0.492 e. The van der Waals surface area contributed by atoms with Crippen LogP contribution in [0, 0.1) is 0 Å². The average Bonchev–Trinajstić information content (AvgIpc) is 3.39. The zero-order chi connectivity index (χ0) is 22.8. The minimum absolute atomic E-state index is 0.163. The summed E-state index contributed by atoms with van der Waals surface area (Å²) in [5.41, 5.74) is 2.56. The van der Waals surface area contributed by atoms with Crippen molar-refractivity contribution in [1.29, 1.82) is 0 Å². The first-order chi connectivity index (χ1) is 16.0. The van der Waals surface area contributed by atoms with E-state index in [1.165, 1.54) is 16.0 Å². The molecule has 5 rings (SSSR count). The number of nitrogens with zero attached hydrogens (tertiary/aromatic N) is 3. The highest BCUT2D eigenvalue weighted by Gasteiger charge is 2.49. The molecule has 1 aliphatic carbocycles. The number of rotatable bonds is 7. The van der Waals surface area contributed by atoms with Crippen LogP contribution >= 0.6 is 0 Å². The maximum absolute atomic E-state index is 13.3. The lowest BCUT2D eigenvalue weighted by molar-refractivity contribution is -0.132. The van der Waals surface area contributed by atoms with Crippen molar-refractivity contribution in [3.8, 4) is 5.75 Å². The van der Waals surface area contributed by atoms with E-state index in [9.17, 15) is 9.59 Å². The number of hydrogen-bond donors (Lipinski definition) is 1. The lowest BCUT2D eigenvalue weighted by Gasteiger charge is -2.36. The number of piperazine rings is 1. The van der Waals surface area contributed by atoms with Gasteiger partial charge in [0.05, 0.1) is 6.67 Å². The average molecular weight is 449 g/mol. The number of hydrogen-bond acceptors (Lipinski definition) is 5. The molecule has 1 N–H and O–H groups in total. The van der Waals surface area contributed by atoms with E-state index in [2.05, 4.69) is 27.2 Å². The fourth-order valence-corrected chi connectivity index (χ4v) is 5.07. The molecule has 2 aromatic rings. The van der Waals surface area contributed by atoms with Gasteiger partial charge in [0.15, 0.2) is 0 Å². The molecule has 0 spiro atoms. The molecule has 3 aliphatic rings. The molecule has 174 valence electrons. The molecule has 0 aromatic heterocycles. The van der Waals surface area contributed by atoms with Crippen molar-refractivity contribution in [2.24, 2.45) is 0 Å². The fourth-order valence-electron chi connectivity index (χ4n) is 5.07. The van der Waals surface area contributed by atoms with Gasteiger partial charge in [-0.25, -0.2) is 9.69 Å². The number of carbonyl (C=O) groups is 2. The third-order valence-electron chi connectivity index (χ3n) is 7.18. The number of amides is 3. The molecule has 3 amide bonds. The number of aryl methyl sites for hydroxylation is 2. The molecule has 0 radical (unpaired) electrons. The summed E-state index contributed by atoms with van der Waals surface area (Å²) in [4.78, 5) is 32.0. The van der Waals surface area contributed by atoms with Crippen molar-refractivity contribution in [2.75, 3.05) is 46.0 Å². The number of para-hydroxylation sites is 1. The Kier molecular flexibility index (Phi) is 6.08. The zero-order valence-corrected chi connectivity index (χ0v) is 19.3. The zero-order valence-electron chi connectivity index (χ0n) is 19.3. The van der Waals surface area contributed by atoms with E-state index in [1.807, 2.05) is 43.3 Å². The quantitative estimate of drug-likeness (QED) is 0.660. The molecule has 0 bridgehead atoms. The summed E-state index contributed by atoms with van der Waals surface area (Å²) >= 11 is 0. The Morgan fingerprint density at radius 1 is 0.939 bits per heavy atom. The third-order valence-corrected chi connectivity index (χ3v) is 7.18. The summed E-state index contributed by atoms with van der Waals surface area (Å²) in [5, 5.41) is 2.96. The molecule has 0 saturated carbocycles. The van der Waals surface area contributed by atoms with E-state index in [4.69, 9.17) is 4.74 Å². The Morgan fingerprint density at radius 2 is 1.67 bits per heavy atom. The lowest BCUT2D eigenvalue weighted by Crippen LogP contribution is -2.52. The number of carbonyl (C=O) groups excluding carboxylic acids is 2. The van der Waals surface area contributed by atoms with Gasteiger partial charge < -0.3 is 10.1 Å². The SMILES string of the molecule is C[C@]1(c2ccc3c(c2)CCC3)NC(=O)N(CN2CCN(CCOc3ccccc3)CC2)C1=O. The Labute approximate surface area is 195 Å². The van der Waals surface area contributed by atoms with Crippen molar-refractivity contribution in [3.63, 3.8) is 0 Å². The molecule has 2 aromatic carbocycles. The Morgan fingerprint density at radius 3 is 2.45 bits per heavy atom. The minimum atomic E-state index is -0.995. The highest BCUT2D eigenvalue weighted by atomic mass is 16.5. The summed E-state index contributed by atoms with van der Waals surface area (Å²) in [6.07, 6.45) is 3.31. The summed E-state index contributed by atoms with van der Waals surface area (Å²) in [6.45, 7) is 7.09. The predicted octanol–water partition coefficient (Wildman–Crippen LogP) is 2.60. The summed E-state index contributed by atoms with van der Waals surface area (Å²) in [5.74, 6) is 0.727. The van der Waals surface area contributed by atoms with Crippen molar-refractivity contribution in [2.45, 2.75) is 31.7 Å². The van der Waals surface area contributed by atoms with Crippen LogP contribution < -0.4 is 10.1 Å².